The SMILES string of the molecule is CC(C)CN(Cc1ncc(-c2ccccc2)o1)C1CC1. The van der Waals surface area contributed by atoms with Crippen LogP contribution < -0.4 is 0 Å². The van der Waals surface area contributed by atoms with Gasteiger partial charge in [-0.25, -0.2) is 4.98 Å². The van der Waals surface area contributed by atoms with Crippen LogP contribution in [0.3, 0.4) is 0 Å². The molecule has 1 saturated carbocycles. The molecule has 1 aromatic heterocycles. The fourth-order valence-corrected chi connectivity index (χ4v) is 2.54. The van der Waals surface area contributed by atoms with Crippen LogP contribution in [-0.4, -0.2) is 22.5 Å². The number of nitrogens with zero attached hydrogens (tertiary/aromatic N) is 2. The van der Waals surface area contributed by atoms with Crippen LogP contribution in [0.5, 0.6) is 0 Å². The van der Waals surface area contributed by atoms with Crippen molar-refractivity contribution in [2.45, 2.75) is 39.3 Å². The van der Waals surface area contributed by atoms with E-state index in [0.717, 1.165) is 36.3 Å². The van der Waals surface area contributed by atoms with Gasteiger partial charge in [0.15, 0.2) is 5.76 Å². The first kappa shape index (κ1) is 13.4. The monoisotopic (exact) mass is 270 g/mol. The van der Waals surface area contributed by atoms with Crippen LogP contribution in [0.2, 0.25) is 0 Å². The third-order valence-corrected chi connectivity index (χ3v) is 3.61. The molecule has 0 saturated heterocycles. The average Bonchev–Trinajstić information content (AvgIpc) is 3.19. The van der Waals surface area contributed by atoms with Gasteiger partial charge >= 0.3 is 0 Å². The van der Waals surface area contributed by atoms with Crippen LogP contribution in [0.15, 0.2) is 40.9 Å². The van der Waals surface area contributed by atoms with Crippen LogP contribution in [0.4, 0.5) is 0 Å². The molecule has 3 heteroatoms. The van der Waals surface area contributed by atoms with Crippen molar-refractivity contribution in [3.63, 3.8) is 0 Å². The topological polar surface area (TPSA) is 29.3 Å². The van der Waals surface area contributed by atoms with E-state index in [0.29, 0.717) is 5.92 Å². The summed E-state index contributed by atoms with van der Waals surface area (Å²) < 4.78 is 5.91. The van der Waals surface area contributed by atoms with E-state index < -0.39 is 0 Å². The smallest absolute Gasteiger partial charge is 0.209 e. The van der Waals surface area contributed by atoms with Gasteiger partial charge in [-0.2, -0.15) is 0 Å². The molecule has 1 aromatic carbocycles. The van der Waals surface area contributed by atoms with Crippen LogP contribution >= 0.6 is 0 Å². The van der Waals surface area contributed by atoms with Crippen LogP contribution in [0.1, 0.15) is 32.6 Å². The molecule has 106 valence electrons. The van der Waals surface area contributed by atoms with Crippen molar-refractivity contribution < 1.29 is 4.42 Å². The standard InChI is InChI=1S/C17H22N2O/c1-13(2)11-19(15-8-9-15)12-17-18-10-16(20-17)14-6-4-3-5-7-14/h3-7,10,13,15H,8-9,11-12H2,1-2H3. The quantitative estimate of drug-likeness (QED) is 0.795. The molecule has 1 aliphatic rings. The van der Waals surface area contributed by atoms with E-state index in [1.54, 1.807) is 0 Å². The molecule has 3 nitrogen and oxygen atoms in total. The Morgan fingerprint density at radius 2 is 2.00 bits per heavy atom. The molecular formula is C17H22N2O. The zero-order valence-electron chi connectivity index (χ0n) is 12.2. The third kappa shape index (κ3) is 3.28. The van der Waals surface area contributed by atoms with Crippen molar-refractivity contribution in [3.8, 4) is 11.3 Å². The second-order valence-electron chi connectivity index (χ2n) is 6.04. The highest BCUT2D eigenvalue weighted by molar-refractivity contribution is 5.55. The molecule has 0 atom stereocenters. The number of oxazole rings is 1. The lowest BCUT2D eigenvalue weighted by Gasteiger charge is -2.22. The molecule has 3 rings (SSSR count). The Morgan fingerprint density at radius 3 is 2.65 bits per heavy atom. The molecule has 0 radical (unpaired) electrons. The van der Waals surface area contributed by atoms with Gasteiger partial charge in [0.25, 0.3) is 0 Å². The Morgan fingerprint density at radius 1 is 1.25 bits per heavy atom. The Labute approximate surface area is 120 Å². The number of hydrogen-bond acceptors (Lipinski definition) is 3. The summed E-state index contributed by atoms with van der Waals surface area (Å²) in [4.78, 5) is 6.95. The minimum absolute atomic E-state index is 0.680. The summed E-state index contributed by atoms with van der Waals surface area (Å²) >= 11 is 0. The molecule has 0 N–H and O–H groups in total. The van der Waals surface area contributed by atoms with E-state index in [1.807, 2.05) is 24.4 Å². The first-order valence-corrected chi connectivity index (χ1v) is 7.46. The van der Waals surface area contributed by atoms with E-state index in [4.69, 9.17) is 4.42 Å². The normalized spacial score (nSPS) is 15.2. The minimum atomic E-state index is 0.680. The first-order valence-electron chi connectivity index (χ1n) is 7.46. The molecule has 1 fully saturated rings. The van der Waals surface area contributed by atoms with Crippen molar-refractivity contribution in [2.75, 3.05) is 6.54 Å². The number of benzene rings is 1. The van der Waals surface area contributed by atoms with Crippen molar-refractivity contribution in [2.24, 2.45) is 5.92 Å². The summed E-state index contributed by atoms with van der Waals surface area (Å²) in [5.41, 5.74) is 1.09. The molecule has 2 aromatic rings. The van der Waals surface area contributed by atoms with Gasteiger partial charge in [0.2, 0.25) is 5.89 Å². The van der Waals surface area contributed by atoms with Gasteiger partial charge in [-0.15, -0.1) is 0 Å². The van der Waals surface area contributed by atoms with E-state index in [2.05, 4.69) is 35.9 Å². The lowest BCUT2D eigenvalue weighted by Crippen LogP contribution is -2.29. The fourth-order valence-electron chi connectivity index (χ4n) is 2.54. The lowest BCUT2D eigenvalue weighted by molar-refractivity contribution is 0.206. The Bertz CT molecular complexity index is 543. The van der Waals surface area contributed by atoms with E-state index >= 15 is 0 Å². The highest BCUT2D eigenvalue weighted by Gasteiger charge is 2.30. The predicted molar refractivity (Wildman–Crippen MR) is 80.2 cm³/mol. The predicted octanol–water partition coefficient (Wildman–Crippen LogP) is 3.96. The summed E-state index contributed by atoms with van der Waals surface area (Å²) in [6.45, 7) is 6.48. The number of hydrogen-bond donors (Lipinski definition) is 0. The molecule has 0 bridgehead atoms. The van der Waals surface area contributed by atoms with Gasteiger partial charge in [-0.3, -0.25) is 4.90 Å². The molecule has 0 amide bonds. The third-order valence-electron chi connectivity index (χ3n) is 3.61. The van der Waals surface area contributed by atoms with Crippen molar-refractivity contribution in [1.29, 1.82) is 0 Å². The lowest BCUT2D eigenvalue weighted by atomic mass is 10.2. The maximum Gasteiger partial charge on any atom is 0.209 e. The van der Waals surface area contributed by atoms with Crippen molar-refractivity contribution >= 4 is 0 Å². The summed E-state index contributed by atoms with van der Waals surface area (Å²) in [6, 6.07) is 10.9. The largest absolute Gasteiger partial charge is 0.439 e. The van der Waals surface area contributed by atoms with Crippen LogP contribution in [0.25, 0.3) is 11.3 Å². The molecule has 0 spiro atoms. The zero-order valence-corrected chi connectivity index (χ0v) is 12.2. The molecule has 20 heavy (non-hydrogen) atoms. The Balaban J connectivity index is 1.70. The van der Waals surface area contributed by atoms with Crippen molar-refractivity contribution in [1.82, 2.24) is 9.88 Å². The zero-order chi connectivity index (χ0) is 13.9. The van der Waals surface area contributed by atoms with Gasteiger partial charge in [0.1, 0.15) is 0 Å². The summed E-state index contributed by atoms with van der Waals surface area (Å²) in [7, 11) is 0. The highest BCUT2D eigenvalue weighted by Crippen LogP contribution is 2.29. The highest BCUT2D eigenvalue weighted by atomic mass is 16.4. The van der Waals surface area contributed by atoms with Gasteiger partial charge in [-0.1, -0.05) is 44.2 Å². The second kappa shape index (κ2) is 5.80. The van der Waals surface area contributed by atoms with Crippen molar-refractivity contribution in [3.05, 3.63) is 42.4 Å². The maximum atomic E-state index is 5.91. The number of aromatic nitrogens is 1. The van der Waals surface area contributed by atoms with E-state index in [9.17, 15) is 0 Å². The molecule has 1 aliphatic carbocycles. The van der Waals surface area contributed by atoms with Gasteiger partial charge in [0, 0.05) is 18.2 Å². The molecule has 0 unspecified atom stereocenters. The van der Waals surface area contributed by atoms with Gasteiger partial charge in [0.05, 0.1) is 12.7 Å². The molecule has 0 aliphatic heterocycles. The first-order chi connectivity index (χ1) is 9.72. The molecule has 1 heterocycles. The van der Waals surface area contributed by atoms with E-state index in [-0.39, 0.29) is 0 Å². The Kier molecular flexibility index (Phi) is 3.88. The number of rotatable bonds is 6. The van der Waals surface area contributed by atoms with E-state index in [1.165, 1.54) is 12.8 Å². The minimum Gasteiger partial charge on any atom is -0.439 e. The maximum absolute atomic E-state index is 5.91. The second-order valence-corrected chi connectivity index (χ2v) is 6.04. The summed E-state index contributed by atoms with van der Waals surface area (Å²) in [5.74, 6) is 2.37. The summed E-state index contributed by atoms with van der Waals surface area (Å²) in [5, 5.41) is 0. The van der Waals surface area contributed by atoms with Crippen LogP contribution in [-0.2, 0) is 6.54 Å². The van der Waals surface area contributed by atoms with Gasteiger partial charge in [-0.05, 0) is 18.8 Å². The van der Waals surface area contributed by atoms with Crippen LogP contribution in [0, 0.1) is 5.92 Å². The molecular weight excluding hydrogens is 248 g/mol. The fraction of sp³-hybridized carbons (Fsp3) is 0.471. The summed E-state index contributed by atoms with van der Waals surface area (Å²) in [6.07, 6.45) is 4.48. The Hall–Kier alpha value is -1.61. The van der Waals surface area contributed by atoms with Gasteiger partial charge < -0.3 is 4.42 Å². The average molecular weight is 270 g/mol.